The minimum atomic E-state index is -0.243. The molecule has 0 amide bonds. The summed E-state index contributed by atoms with van der Waals surface area (Å²) in [7, 11) is 1.37. The van der Waals surface area contributed by atoms with E-state index in [0.29, 0.717) is 6.42 Å². The molecule has 1 atom stereocenters. The molecule has 0 spiro atoms. The van der Waals surface area contributed by atoms with Crippen LogP contribution in [-0.2, 0) is 9.53 Å². The number of hydrogen-bond acceptors (Lipinski definition) is 3. The van der Waals surface area contributed by atoms with Crippen LogP contribution in [0.3, 0.4) is 0 Å². The van der Waals surface area contributed by atoms with E-state index >= 15 is 0 Å². The molecule has 0 aliphatic heterocycles. The van der Waals surface area contributed by atoms with E-state index in [1.54, 1.807) is 0 Å². The minimum Gasteiger partial charge on any atom is -0.469 e. The third-order valence-corrected chi connectivity index (χ3v) is 1.73. The molecule has 0 saturated heterocycles. The van der Waals surface area contributed by atoms with Gasteiger partial charge in [-0.15, -0.1) is 12.4 Å². The van der Waals surface area contributed by atoms with E-state index in [2.05, 4.69) is 4.74 Å². The highest BCUT2D eigenvalue weighted by Crippen LogP contribution is 2.19. The van der Waals surface area contributed by atoms with E-state index in [-0.39, 0.29) is 29.8 Å². The lowest BCUT2D eigenvalue weighted by Crippen LogP contribution is -2.37. The molecule has 0 saturated carbocycles. The summed E-state index contributed by atoms with van der Waals surface area (Å²) >= 11 is 0. The van der Waals surface area contributed by atoms with Crippen molar-refractivity contribution in [3.05, 3.63) is 0 Å². The molecule has 74 valence electrons. The Morgan fingerprint density at radius 1 is 1.50 bits per heavy atom. The third-order valence-electron chi connectivity index (χ3n) is 1.73. The van der Waals surface area contributed by atoms with Gasteiger partial charge in [0.05, 0.1) is 13.5 Å². The van der Waals surface area contributed by atoms with Gasteiger partial charge in [-0.1, -0.05) is 20.8 Å². The van der Waals surface area contributed by atoms with Crippen molar-refractivity contribution < 1.29 is 9.53 Å². The second-order valence-electron chi connectivity index (χ2n) is 3.75. The predicted octanol–water partition coefficient (Wildman–Crippen LogP) is 1.34. The Bertz CT molecular complexity index is 142. The largest absolute Gasteiger partial charge is 0.469 e. The molecule has 1 unspecified atom stereocenters. The first-order valence-electron chi connectivity index (χ1n) is 3.70. The van der Waals surface area contributed by atoms with Gasteiger partial charge in [-0.3, -0.25) is 4.79 Å². The van der Waals surface area contributed by atoms with Gasteiger partial charge in [-0.25, -0.2) is 0 Å². The number of carbonyl (C=O) groups excluding carboxylic acids is 1. The van der Waals surface area contributed by atoms with Crippen molar-refractivity contribution in [3.8, 4) is 0 Å². The fourth-order valence-electron chi connectivity index (χ4n) is 0.569. The summed E-state index contributed by atoms with van der Waals surface area (Å²) < 4.78 is 4.50. The normalized spacial score (nSPS) is 13.1. The first-order chi connectivity index (χ1) is 4.88. The van der Waals surface area contributed by atoms with Crippen molar-refractivity contribution >= 4 is 18.4 Å². The SMILES string of the molecule is COC(=O)CC(N)C(C)(C)C.Cl. The number of ether oxygens (including phenoxy) is 1. The van der Waals surface area contributed by atoms with Crippen LogP contribution in [-0.4, -0.2) is 19.1 Å². The fourth-order valence-corrected chi connectivity index (χ4v) is 0.569. The molecular formula is C8H18ClNO2. The van der Waals surface area contributed by atoms with Gasteiger partial charge in [-0.05, 0) is 5.41 Å². The number of esters is 1. The molecule has 2 N–H and O–H groups in total. The maximum absolute atomic E-state index is 10.8. The molecule has 0 radical (unpaired) electrons. The lowest BCUT2D eigenvalue weighted by Gasteiger charge is -2.25. The summed E-state index contributed by atoms with van der Waals surface area (Å²) in [6.07, 6.45) is 0.292. The molecule has 0 aromatic rings. The van der Waals surface area contributed by atoms with Crippen LogP contribution in [0.1, 0.15) is 27.2 Å². The van der Waals surface area contributed by atoms with Gasteiger partial charge < -0.3 is 10.5 Å². The Morgan fingerprint density at radius 3 is 2.17 bits per heavy atom. The van der Waals surface area contributed by atoms with Gasteiger partial charge >= 0.3 is 5.97 Å². The van der Waals surface area contributed by atoms with Gasteiger partial charge in [0, 0.05) is 6.04 Å². The highest BCUT2D eigenvalue weighted by atomic mass is 35.5. The van der Waals surface area contributed by atoms with Crippen LogP contribution in [0.5, 0.6) is 0 Å². The quantitative estimate of drug-likeness (QED) is 0.677. The zero-order chi connectivity index (χ0) is 9.07. The first-order valence-corrected chi connectivity index (χ1v) is 3.70. The zero-order valence-electron chi connectivity index (χ0n) is 8.09. The van der Waals surface area contributed by atoms with Crippen molar-refractivity contribution in [1.82, 2.24) is 0 Å². The highest BCUT2D eigenvalue weighted by molar-refractivity contribution is 5.85. The van der Waals surface area contributed by atoms with Crippen molar-refractivity contribution in [2.75, 3.05) is 7.11 Å². The monoisotopic (exact) mass is 195 g/mol. The molecule has 4 heteroatoms. The zero-order valence-corrected chi connectivity index (χ0v) is 8.90. The van der Waals surface area contributed by atoms with Crippen LogP contribution >= 0.6 is 12.4 Å². The molecule has 0 aromatic heterocycles. The van der Waals surface area contributed by atoms with Crippen LogP contribution in [0, 0.1) is 5.41 Å². The fraction of sp³-hybridized carbons (Fsp3) is 0.875. The van der Waals surface area contributed by atoms with E-state index in [4.69, 9.17) is 5.73 Å². The smallest absolute Gasteiger partial charge is 0.307 e. The summed E-state index contributed by atoms with van der Waals surface area (Å²) in [4.78, 5) is 10.8. The van der Waals surface area contributed by atoms with Gasteiger partial charge in [0.15, 0.2) is 0 Å². The number of halogens is 1. The molecule has 0 aromatic carbocycles. The van der Waals surface area contributed by atoms with Crippen molar-refractivity contribution in [3.63, 3.8) is 0 Å². The maximum atomic E-state index is 10.8. The maximum Gasteiger partial charge on any atom is 0.307 e. The minimum absolute atomic E-state index is 0. The van der Waals surface area contributed by atoms with E-state index in [1.165, 1.54) is 7.11 Å². The van der Waals surface area contributed by atoms with Crippen molar-refractivity contribution in [1.29, 1.82) is 0 Å². The summed E-state index contributed by atoms with van der Waals surface area (Å²) in [6, 6.07) is -0.130. The topological polar surface area (TPSA) is 52.3 Å². The van der Waals surface area contributed by atoms with E-state index in [1.807, 2.05) is 20.8 Å². The lowest BCUT2D eigenvalue weighted by molar-refractivity contribution is -0.141. The molecule has 3 nitrogen and oxygen atoms in total. The second kappa shape index (κ2) is 5.38. The Kier molecular flexibility index (Phi) is 6.39. The molecule has 0 aliphatic carbocycles. The summed E-state index contributed by atoms with van der Waals surface area (Å²) in [5.41, 5.74) is 5.69. The van der Waals surface area contributed by atoms with Gasteiger partial charge in [-0.2, -0.15) is 0 Å². The lowest BCUT2D eigenvalue weighted by atomic mass is 9.85. The average molecular weight is 196 g/mol. The third kappa shape index (κ3) is 5.38. The average Bonchev–Trinajstić information content (AvgIpc) is 1.85. The van der Waals surface area contributed by atoms with Crippen molar-refractivity contribution in [2.24, 2.45) is 11.1 Å². The van der Waals surface area contributed by atoms with Crippen molar-refractivity contribution in [2.45, 2.75) is 33.2 Å². The number of hydrogen-bond donors (Lipinski definition) is 1. The number of nitrogens with two attached hydrogens (primary N) is 1. The van der Waals surface area contributed by atoms with Crippen LogP contribution in [0.4, 0.5) is 0 Å². The number of rotatable bonds is 2. The van der Waals surface area contributed by atoms with E-state index in [0.717, 1.165) is 0 Å². The number of carbonyl (C=O) groups is 1. The standard InChI is InChI=1S/C8H17NO2.ClH/c1-8(2,3)6(9)5-7(10)11-4;/h6H,5,9H2,1-4H3;1H. The van der Waals surface area contributed by atoms with Crippen LogP contribution < -0.4 is 5.73 Å². The molecule has 0 rings (SSSR count). The van der Waals surface area contributed by atoms with Gasteiger partial charge in [0.1, 0.15) is 0 Å². The molecule has 0 bridgehead atoms. The Morgan fingerprint density at radius 2 is 1.92 bits per heavy atom. The Balaban J connectivity index is 0. The molecular weight excluding hydrogens is 178 g/mol. The molecule has 12 heavy (non-hydrogen) atoms. The number of methoxy groups -OCH3 is 1. The molecule has 0 aliphatic rings. The first kappa shape index (κ1) is 14.3. The summed E-state index contributed by atoms with van der Waals surface area (Å²) in [5.74, 6) is -0.243. The van der Waals surface area contributed by atoms with Crippen LogP contribution in [0.25, 0.3) is 0 Å². The van der Waals surface area contributed by atoms with Gasteiger partial charge in [0.2, 0.25) is 0 Å². The Hall–Kier alpha value is -0.280. The Labute approximate surface area is 80.1 Å². The predicted molar refractivity (Wildman–Crippen MR) is 51.3 cm³/mol. The van der Waals surface area contributed by atoms with E-state index < -0.39 is 0 Å². The highest BCUT2D eigenvalue weighted by Gasteiger charge is 2.23. The molecule has 0 heterocycles. The van der Waals surface area contributed by atoms with Crippen LogP contribution in [0.15, 0.2) is 0 Å². The van der Waals surface area contributed by atoms with E-state index in [9.17, 15) is 4.79 Å². The summed E-state index contributed by atoms with van der Waals surface area (Å²) in [5, 5.41) is 0. The van der Waals surface area contributed by atoms with Gasteiger partial charge in [0.25, 0.3) is 0 Å². The summed E-state index contributed by atoms with van der Waals surface area (Å²) in [6.45, 7) is 6.00. The van der Waals surface area contributed by atoms with Crippen LogP contribution in [0.2, 0.25) is 0 Å². The second-order valence-corrected chi connectivity index (χ2v) is 3.75. The molecule has 0 fully saturated rings.